The van der Waals surface area contributed by atoms with Gasteiger partial charge in [0.1, 0.15) is 5.82 Å². The number of nitrogens with zero attached hydrogens (tertiary/aromatic N) is 1. The van der Waals surface area contributed by atoms with Crippen molar-refractivity contribution in [2.45, 2.75) is 6.54 Å². The quantitative estimate of drug-likeness (QED) is 0.561. The monoisotopic (exact) mass is 327 g/mol. The number of fused-ring (bicyclic) bond motifs is 1. The van der Waals surface area contributed by atoms with E-state index in [9.17, 15) is 4.39 Å². The van der Waals surface area contributed by atoms with Gasteiger partial charge in [0.25, 0.3) is 0 Å². The summed E-state index contributed by atoms with van der Waals surface area (Å²) in [6, 6.07) is 10.0. The lowest BCUT2D eigenvalue weighted by Gasteiger charge is -2.09. The predicted octanol–water partition coefficient (Wildman–Crippen LogP) is 5.79. The van der Waals surface area contributed by atoms with Gasteiger partial charge in [0, 0.05) is 27.2 Å². The van der Waals surface area contributed by atoms with Crippen molar-refractivity contribution in [2.75, 3.05) is 0 Å². The molecule has 3 rings (SSSR count). The fourth-order valence-electron chi connectivity index (χ4n) is 2.21. The summed E-state index contributed by atoms with van der Waals surface area (Å²) in [5.74, 6) is -0.326. The molecule has 1 nitrogen and oxygen atoms in total. The Hall–Kier alpha value is -1.22. The van der Waals surface area contributed by atoms with Crippen molar-refractivity contribution in [3.05, 3.63) is 69.0 Å². The molecule has 0 radical (unpaired) electrons. The summed E-state index contributed by atoms with van der Waals surface area (Å²) >= 11 is 18.2. The number of hydrogen-bond acceptors (Lipinski definition) is 0. The zero-order valence-corrected chi connectivity index (χ0v) is 12.5. The summed E-state index contributed by atoms with van der Waals surface area (Å²) in [6.07, 6.45) is 1.84. The molecule has 0 fully saturated rings. The first-order chi connectivity index (χ1) is 9.56. The lowest BCUT2D eigenvalue weighted by Crippen LogP contribution is -2.01. The van der Waals surface area contributed by atoms with E-state index in [1.54, 1.807) is 24.3 Å². The summed E-state index contributed by atoms with van der Waals surface area (Å²) in [7, 11) is 0. The maximum absolute atomic E-state index is 13.9. The molecule has 1 heterocycles. The van der Waals surface area contributed by atoms with E-state index in [4.69, 9.17) is 34.8 Å². The predicted molar refractivity (Wildman–Crippen MR) is 82.5 cm³/mol. The van der Waals surface area contributed by atoms with Crippen LogP contribution < -0.4 is 0 Å². The Labute approximate surface area is 130 Å². The third-order valence-corrected chi connectivity index (χ3v) is 4.08. The number of aromatic nitrogens is 1. The number of rotatable bonds is 2. The van der Waals surface area contributed by atoms with Crippen molar-refractivity contribution < 1.29 is 4.39 Å². The van der Waals surface area contributed by atoms with Crippen molar-refractivity contribution in [3.63, 3.8) is 0 Å². The Morgan fingerprint density at radius 3 is 2.55 bits per heavy atom. The number of hydrogen-bond donors (Lipinski definition) is 0. The molecule has 0 unspecified atom stereocenters. The van der Waals surface area contributed by atoms with Crippen LogP contribution in [0.15, 0.2) is 42.6 Å². The molecule has 0 aliphatic rings. The molecule has 0 saturated carbocycles. The van der Waals surface area contributed by atoms with Gasteiger partial charge in [-0.15, -0.1) is 0 Å². The Morgan fingerprint density at radius 1 is 1.00 bits per heavy atom. The van der Waals surface area contributed by atoms with Crippen LogP contribution >= 0.6 is 34.8 Å². The topological polar surface area (TPSA) is 4.93 Å². The third kappa shape index (κ3) is 2.39. The van der Waals surface area contributed by atoms with E-state index in [1.807, 2.05) is 16.8 Å². The standard InChI is InChI=1S/C15H9Cl3FN/c16-9-6-13(18)10-4-5-20(15(10)7-9)8-11-12(17)2-1-3-14(11)19/h1-7H,8H2. The summed E-state index contributed by atoms with van der Waals surface area (Å²) in [6.45, 7) is 0.325. The molecule has 0 saturated heterocycles. The van der Waals surface area contributed by atoms with Crippen LogP contribution in [0.2, 0.25) is 15.1 Å². The maximum Gasteiger partial charge on any atom is 0.129 e. The highest BCUT2D eigenvalue weighted by molar-refractivity contribution is 6.38. The first kappa shape index (κ1) is 13.7. The van der Waals surface area contributed by atoms with Gasteiger partial charge in [-0.3, -0.25) is 0 Å². The summed E-state index contributed by atoms with van der Waals surface area (Å²) in [5.41, 5.74) is 1.30. The lowest BCUT2D eigenvalue weighted by molar-refractivity contribution is 0.602. The fourth-order valence-corrected chi connectivity index (χ4v) is 2.98. The molecule has 20 heavy (non-hydrogen) atoms. The fraction of sp³-hybridized carbons (Fsp3) is 0.0667. The average molecular weight is 329 g/mol. The van der Waals surface area contributed by atoms with Gasteiger partial charge >= 0.3 is 0 Å². The van der Waals surface area contributed by atoms with E-state index in [1.165, 1.54) is 6.07 Å². The van der Waals surface area contributed by atoms with Crippen LogP contribution in [0.5, 0.6) is 0 Å². The lowest BCUT2D eigenvalue weighted by atomic mass is 10.2. The molecular weight excluding hydrogens is 320 g/mol. The van der Waals surface area contributed by atoms with Gasteiger partial charge in [0.05, 0.1) is 17.1 Å². The largest absolute Gasteiger partial charge is 0.343 e. The van der Waals surface area contributed by atoms with E-state index in [2.05, 4.69) is 0 Å². The molecular formula is C15H9Cl3FN. The van der Waals surface area contributed by atoms with Gasteiger partial charge < -0.3 is 4.57 Å². The Balaban J connectivity index is 2.12. The van der Waals surface area contributed by atoms with Crippen LogP contribution in [0.1, 0.15) is 5.56 Å². The maximum atomic E-state index is 13.9. The van der Waals surface area contributed by atoms with Crippen LogP contribution in [0, 0.1) is 5.82 Å². The Morgan fingerprint density at radius 2 is 1.80 bits per heavy atom. The normalized spacial score (nSPS) is 11.2. The minimum atomic E-state index is -0.326. The van der Waals surface area contributed by atoms with Gasteiger partial charge in [-0.1, -0.05) is 40.9 Å². The van der Waals surface area contributed by atoms with E-state index in [0.29, 0.717) is 27.2 Å². The SMILES string of the molecule is Fc1cccc(Cl)c1Cn1ccc2c(Cl)cc(Cl)cc21. The van der Waals surface area contributed by atoms with Gasteiger partial charge in [-0.2, -0.15) is 0 Å². The molecule has 5 heteroatoms. The first-order valence-corrected chi connectivity index (χ1v) is 7.06. The molecule has 0 N–H and O–H groups in total. The second-order valence-corrected chi connectivity index (χ2v) is 5.72. The second kappa shape index (κ2) is 5.28. The van der Waals surface area contributed by atoms with E-state index < -0.39 is 0 Å². The zero-order valence-electron chi connectivity index (χ0n) is 10.2. The van der Waals surface area contributed by atoms with Crippen LogP contribution in [-0.2, 0) is 6.54 Å². The minimum Gasteiger partial charge on any atom is -0.343 e. The number of benzene rings is 2. The second-order valence-electron chi connectivity index (χ2n) is 4.46. The summed E-state index contributed by atoms with van der Waals surface area (Å²) in [4.78, 5) is 0. The summed E-state index contributed by atoms with van der Waals surface area (Å²) in [5, 5.41) is 2.40. The zero-order chi connectivity index (χ0) is 14.3. The Kier molecular flexibility index (Phi) is 3.63. The highest BCUT2D eigenvalue weighted by Crippen LogP contribution is 2.30. The molecule has 0 bridgehead atoms. The van der Waals surface area contributed by atoms with Gasteiger partial charge in [-0.25, -0.2) is 4.39 Å². The highest BCUT2D eigenvalue weighted by atomic mass is 35.5. The molecule has 0 spiro atoms. The molecule has 0 aliphatic heterocycles. The van der Waals surface area contributed by atoms with Gasteiger partial charge in [0.2, 0.25) is 0 Å². The minimum absolute atomic E-state index is 0.325. The van der Waals surface area contributed by atoms with E-state index in [-0.39, 0.29) is 5.82 Å². The molecule has 2 aromatic carbocycles. The number of halogens is 4. The van der Waals surface area contributed by atoms with E-state index >= 15 is 0 Å². The molecule has 0 aliphatic carbocycles. The highest BCUT2D eigenvalue weighted by Gasteiger charge is 2.11. The smallest absolute Gasteiger partial charge is 0.129 e. The molecule has 1 aromatic heterocycles. The third-order valence-electron chi connectivity index (χ3n) is 3.19. The molecule has 0 amide bonds. The van der Waals surface area contributed by atoms with Crippen molar-refractivity contribution in [3.8, 4) is 0 Å². The van der Waals surface area contributed by atoms with Crippen LogP contribution in [0.4, 0.5) is 4.39 Å². The first-order valence-electron chi connectivity index (χ1n) is 5.93. The van der Waals surface area contributed by atoms with Crippen LogP contribution in [-0.4, -0.2) is 4.57 Å². The molecule has 102 valence electrons. The van der Waals surface area contributed by atoms with E-state index in [0.717, 1.165) is 10.9 Å². The summed E-state index contributed by atoms with van der Waals surface area (Å²) < 4.78 is 15.7. The average Bonchev–Trinajstić information content (AvgIpc) is 2.77. The van der Waals surface area contributed by atoms with Crippen molar-refractivity contribution in [1.29, 1.82) is 0 Å². The van der Waals surface area contributed by atoms with Crippen LogP contribution in [0.3, 0.4) is 0 Å². The Bertz CT molecular complexity index is 775. The van der Waals surface area contributed by atoms with Gasteiger partial charge in [0.15, 0.2) is 0 Å². The van der Waals surface area contributed by atoms with Gasteiger partial charge in [-0.05, 0) is 30.3 Å². The van der Waals surface area contributed by atoms with Crippen molar-refractivity contribution in [1.82, 2.24) is 4.57 Å². The molecule has 0 atom stereocenters. The van der Waals surface area contributed by atoms with Crippen LogP contribution in [0.25, 0.3) is 10.9 Å². The van der Waals surface area contributed by atoms with Crippen molar-refractivity contribution >= 4 is 45.7 Å². The molecule has 3 aromatic rings. The van der Waals surface area contributed by atoms with Crippen molar-refractivity contribution in [2.24, 2.45) is 0 Å².